The lowest BCUT2D eigenvalue weighted by Crippen LogP contribution is -2.14. The van der Waals surface area contributed by atoms with Crippen LogP contribution >= 0.6 is 11.3 Å². The molecule has 1 atom stereocenters. The molecule has 0 radical (unpaired) electrons. The lowest BCUT2D eigenvalue weighted by molar-refractivity contribution is -0.131. The Morgan fingerprint density at radius 3 is 3.14 bits per heavy atom. The fraction of sp³-hybridized carbons (Fsp3) is 0.333. The van der Waals surface area contributed by atoms with Gasteiger partial charge >= 0.3 is 5.97 Å². The molecule has 76 valence electrons. The number of thiazole rings is 1. The summed E-state index contributed by atoms with van der Waals surface area (Å²) in [5, 5.41) is 14.3. The van der Waals surface area contributed by atoms with E-state index < -0.39 is 5.97 Å². The number of aromatic nitrogens is 1. The second-order valence-corrected chi connectivity index (χ2v) is 3.60. The number of carbonyl (C=O) groups is 1. The van der Waals surface area contributed by atoms with Gasteiger partial charge in [0.1, 0.15) is 5.01 Å². The zero-order valence-electron chi connectivity index (χ0n) is 7.80. The normalized spacial score (nSPS) is 12.9. The average molecular weight is 212 g/mol. The molecule has 0 aliphatic rings. The predicted octanol–water partition coefficient (Wildman–Crippen LogP) is 1.78. The molecule has 0 aliphatic carbocycles. The van der Waals surface area contributed by atoms with Gasteiger partial charge in [0.15, 0.2) is 0 Å². The summed E-state index contributed by atoms with van der Waals surface area (Å²) in [6, 6.07) is 0.102. The van der Waals surface area contributed by atoms with Gasteiger partial charge < -0.3 is 10.4 Å². The molecule has 0 aromatic carbocycles. The van der Waals surface area contributed by atoms with Gasteiger partial charge in [-0.2, -0.15) is 0 Å². The number of hydrogen-bond donors (Lipinski definition) is 2. The van der Waals surface area contributed by atoms with E-state index in [2.05, 4.69) is 10.3 Å². The molecule has 0 amide bonds. The van der Waals surface area contributed by atoms with Crippen molar-refractivity contribution >= 4 is 17.3 Å². The summed E-state index contributed by atoms with van der Waals surface area (Å²) >= 11 is 1.56. The van der Waals surface area contributed by atoms with Crippen LogP contribution in [0.1, 0.15) is 24.4 Å². The highest BCUT2D eigenvalue weighted by Gasteiger charge is 2.08. The van der Waals surface area contributed by atoms with E-state index in [0.717, 1.165) is 17.5 Å². The molecule has 0 spiro atoms. The monoisotopic (exact) mass is 212 g/mol. The standard InChI is InChI=1S/C9H12N2O2S/c1-2-7(9-11-5-6-14-9)10-4-3-8(12)13/h3-7,10H,2H2,1H3,(H,12,13)/b4-3+. The molecule has 14 heavy (non-hydrogen) atoms. The van der Waals surface area contributed by atoms with E-state index in [4.69, 9.17) is 5.11 Å². The number of aliphatic carboxylic acids is 1. The van der Waals surface area contributed by atoms with Crippen molar-refractivity contribution in [3.8, 4) is 0 Å². The minimum Gasteiger partial charge on any atom is -0.478 e. The predicted molar refractivity (Wildman–Crippen MR) is 55.1 cm³/mol. The summed E-state index contributed by atoms with van der Waals surface area (Å²) in [7, 11) is 0. The van der Waals surface area contributed by atoms with E-state index in [0.29, 0.717) is 0 Å². The Balaban J connectivity index is 2.52. The molecule has 1 heterocycles. The Morgan fingerprint density at radius 1 is 1.86 bits per heavy atom. The first-order valence-electron chi connectivity index (χ1n) is 4.29. The molecule has 0 saturated heterocycles. The van der Waals surface area contributed by atoms with Gasteiger partial charge in [-0.3, -0.25) is 0 Å². The van der Waals surface area contributed by atoms with E-state index in [9.17, 15) is 4.79 Å². The topological polar surface area (TPSA) is 62.2 Å². The maximum absolute atomic E-state index is 10.2. The molecule has 2 N–H and O–H groups in total. The van der Waals surface area contributed by atoms with Crippen LogP contribution in [0.5, 0.6) is 0 Å². The zero-order chi connectivity index (χ0) is 10.4. The summed E-state index contributed by atoms with van der Waals surface area (Å²) in [5.74, 6) is -0.952. The summed E-state index contributed by atoms with van der Waals surface area (Å²) in [4.78, 5) is 14.4. The van der Waals surface area contributed by atoms with Gasteiger partial charge in [0.2, 0.25) is 0 Å². The number of rotatable bonds is 5. The fourth-order valence-corrected chi connectivity index (χ4v) is 1.79. The zero-order valence-corrected chi connectivity index (χ0v) is 8.62. The quantitative estimate of drug-likeness (QED) is 0.730. The Kier molecular flexibility index (Phi) is 4.12. The van der Waals surface area contributed by atoms with E-state index >= 15 is 0 Å². The third-order valence-corrected chi connectivity index (χ3v) is 2.57. The Labute approximate surface area is 86.3 Å². The van der Waals surface area contributed by atoms with Crippen molar-refractivity contribution in [1.29, 1.82) is 0 Å². The molecule has 0 fully saturated rings. The molecular formula is C9H12N2O2S. The van der Waals surface area contributed by atoms with Crippen molar-refractivity contribution in [2.45, 2.75) is 19.4 Å². The molecule has 0 bridgehead atoms. The number of carboxylic acids is 1. The molecule has 1 aromatic heterocycles. The van der Waals surface area contributed by atoms with E-state index in [1.54, 1.807) is 17.5 Å². The highest BCUT2D eigenvalue weighted by atomic mass is 32.1. The van der Waals surface area contributed by atoms with Gasteiger partial charge in [-0.25, -0.2) is 9.78 Å². The largest absolute Gasteiger partial charge is 0.478 e. The molecule has 1 aromatic rings. The van der Waals surface area contributed by atoms with Crippen molar-refractivity contribution in [3.63, 3.8) is 0 Å². The summed E-state index contributed by atoms with van der Waals surface area (Å²) in [6.45, 7) is 2.02. The van der Waals surface area contributed by atoms with Crippen LogP contribution in [-0.2, 0) is 4.79 Å². The third-order valence-electron chi connectivity index (χ3n) is 1.68. The number of hydrogen-bond acceptors (Lipinski definition) is 4. The maximum Gasteiger partial charge on any atom is 0.329 e. The van der Waals surface area contributed by atoms with Crippen molar-refractivity contribution in [3.05, 3.63) is 28.9 Å². The summed E-state index contributed by atoms with van der Waals surface area (Å²) < 4.78 is 0. The lowest BCUT2D eigenvalue weighted by atomic mass is 10.2. The SMILES string of the molecule is CCC(N/C=C/C(=O)O)c1nccs1. The molecule has 1 rings (SSSR count). The Morgan fingerprint density at radius 2 is 2.64 bits per heavy atom. The maximum atomic E-state index is 10.2. The molecular weight excluding hydrogens is 200 g/mol. The van der Waals surface area contributed by atoms with Crippen LogP contribution in [0.3, 0.4) is 0 Å². The highest BCUT2D eigenvalue weighted by molar-refractivity contribution is 7.09. The number of nitrogens with one attached hydrogen (secondary N) is 1. The van der Waals surface area contributed by atoms with Gasteiger partial charge in [0.25, 0.3) is 0 Å². The van der Waals surface area contributed by atoms with Gasteiger partial charge in [0.05, 0.1) is 6.04 Å². The molecule has 4 nitrogen and oxygen atoms in total. The molecule has 0 saturated carbocycles. The Bertz CT molecular complexity index is 309. The second-order valence-electron chi connectivity index (χ2n) is 2.67. The average Bonchev–Trinajstić information content (AvgIpc) is 2.64. The van der Waals surface area contributed by atoms with Crippen molar-refractivity contribution in [2.24, 2.45) is 0 Å². The molecule has 0 aliphatic heterocycles. The second kappa shape index (κ2) is 5.39. The first-order valence-corrected chi connectivity index (χ1v) is 5.17. The lowest BCUT2D eigenvalue weighted by Gasteiger charge is -2.11. The van der Waals surface area contributed by atoms with Crippen molar-refractivity contribution < 1.29 is 9.90 Å². The first-order chi connectivity index (χ1) is 6.74. The van der Waals surface area contributed by atoms with Crippen LogP contribution in [0.15, 0.2) is 23.9 Å². The summed E-state index contributed by atoms with van der Waals surface area (Å²) in [6.07, 6.45) is 5.14. The summed E-state index contributed by atoms with van der Waals surface area (Å²) in [5.41, 5.74) is 0. The molecule has 1 unspecified atom stereocenters. The van der Waals surface area contributed by atoms with E-state index in [1.807, 2.05) is 12.3 Å². The van der Waals surface area contributed by atoms with Gasteiger partial charge in [-0.05, 0) is 6.42 Å². The highest BCUT2D eigenvalue weighted by Crippen LogP contribution is 2.18. The van der Waals surface area contributed by atoms with Crippen molar-refractivity contribution in [1.82, 2.24) is 10.3 Å². The first kappa shape index (κ1) is 10.7. The van der Waals surface area contributed by atoms with Crippen LogP contribution in [0, 0.1) is 0 Å². The smallest absolute Gasteiger partial charge is 0.329 e. The van der Waals surface area contributed by atoms with Crippen LogP contribution in [-0.4, -0.2) is 16.1 Å². The van der Waals surface area contributed by atoms with Gasteiger partial charge in [-0.15, -0.1) is 11.3 Å². The minimum absolute atomic E-state index is 0.102. The number of nitrogens with zero attached hydrogens (tertiary/aromatic N) is 1. The minimum atomic E-state index is -0.952. The molecule has 5 heteroatoms. The van der Waals surface area contributed by atoms with E-state index in [1.165, 1.54) is 6.20 Å². The fourth-order valence-electron chi connectivity index (χ4n) is 1.01. The van der Waals surface area contributed by atoms with Crippen LogP contribution in [0.25, 0.3) is 0 Å². The third kappa shape index (κ3) is 3.18. The van der Waals surface area contributed by atoms with Gasteiger partial charge in [-0.1, -0.05) is 6.92 Å². The van der Waals surface area contributed by atoms with Crippen LogP contribution < -0.4 is 5.32 Å². The Hall–Kier alpha value is -1.36. The van der Waals surface area contributed by atoms with Crippen LogP contribution in [0.2, 0.25) is 0 Å². The number of carboxylic acid groups (broad SMARTS) is 1. The van der Waals surface area contributed by atoms with E-state index in [-0.39, 0.29) is 6.04 Å². The van der Waals surface area contributed by atoms with Gasteiger partial charge in [0, 0.05) is 23.9 Å². The van der Waals surface area contributed by atoms with Crippen LogP contribution in [0.4, 0.5) is 0 Å². The van der Waals surface area contributed by atoms with Crippen molar-refractivity contribution in [2.75, 3.05) is 0 Å².